The molecule has 0 radical (unpaired) electrons. The molecule has 0 aliphatic heterocycles. The molecular weight excluding hydrogens is 356 g/mol. The first-order chi connectivity index (χ1) is 13.2. The zero-order valence-electron chi connectivity index (χ0n) is 15.6. The van der Waals surface area contributed by atoms with E-state index in [9.17, 15) is 4.79 Å². The van der Waals surface area contributed by atoms with Crippen molar-refractivity contribution in [3.8, 4) is 0 Å². The topological polar surface area (TPSA) is 52.7 Å². The van der Waals surface area contributed by atoms with Gasteiger partial charge in [0.1, 0.15) is 0 Å². The Bertz CT molecular complexity index is 1030. The summed E-state index contributed by atoms with van der Waals surface area (Å²) in [5, 5.41) is 5.71. The van der Waals surface area contributed by atoms with Gasteiger partial charge in [0.15, 0.2) is 5.16 Å². The maximum absolute atomic E-state index is 13.1. The summed E-state index contributed by atoms with van der Waals surface area (Å²) >= 11 is 1.61. The molecule has 1 aliphatic carbocycles. The molecule has 0 bridgehead atoms. The largest absolute Gasteiger partial charge is 0.287 e. The Labute approximate surface area is 163 Å². The highest BCUT2D eigenvalue weighted by Gasteiger charge is 2.13. The van der Waals surface area contributed by atoms with E-state index in [1.54, 1.807) is 16.4 Å². The van der Waals surface area contributed by atoms with Crippen molar-refractivity contribution in [3.63, 3.8) is 0 Å². The van der Waals surface area contributed by atoms with Crippen molar-refractivity contribution in [1.82, 2.24) is 19.3 Å². The number of aryl methyl sites for hydroxylation is 1. The number of hydrogen-bond donors (Lipinski definition) is 0. The van der Waals surface area contributed by atoms with Crippen LogP contribution in [0.1, 0.15) is 37.7 Å². The Kier molecular flexibility index (Phi) is 5.43. The van der Waals surface area contributed by atoms with Crippen molar-refractivity contribution in [3.05, 3.63) is 64.2 Å². The summed E-state index contributed by atoms with van der Waals surface area (Å²) in [6.45, 7) is 0.692. The van der Waals surface area contributed by atoms with Gasteiger partial charge >= 0.3 is 0 Å². The first-order valence-corrected chi connectivity index (χ1v) is 10.5. The summed E-state index contributed by atoms with van der Waals surface area (Å²) in [5.41, 5.74) is 3.44. The monoisotopic (exact) mass is 380 g/mol. The average Bonchev–Trinajstić information content (AvgIpc) is 3.12. The number of hydrogen-bond acceptors (Lipinski definition) is 4. The summed E-state index contributed by atoms with van der Waals surface area (Å²) in [6.07, 6.45) is 12.0. The van der Waals surface area contributed by atoms with Crippen LogP contribution in [0.3, 0.4) is 0 Å². The van der Waals surface area contributed by atoms with Crippen LogP contribution in [-0.4, -0.2) is 19.3 Å². The van der Waals surface area contributed by atoms with Crippen molar-refractivity contribution in [2.45, 2.75) is 49.6 Å². The van der Waals surface area contributed by atoms with Crippen LogP contribution in [0, 0.1) is 0 Å². The fraction of sp³-hybridized carbons (Fsp3) is 0.381. The molecule has 0 amide bonds. The van der Waals surface area contributed by atoms with Gasteiger partial charge in [-0.2, -0.15) is 5.10 Å². The van der Waals surface area contributed by atoms with Crippen molar-refractivity contribution < 1.29 is 0 Å². The SMILES string of the molecule is Cn1cc(CSc2nc3ccccc3c(=O)n2CCC2=CCCCC2)cn1. The lowest BCUT2D eigenvalue weighted by Gasteiger charge is -2.16. The fourth-order valence-electron chi connectivity index (χ4n) is 3.54. The van der Waals surface area contributed by atoms with Crippen LogP contribution in [0.5, 0.6) is 0 Å². The molecule has 0 saturated heterocycles. The number of nitrogens with zero attached hydrogens (tertiary/aromatic N) is 4. The molecule has 0 spiro atoms. The van der Waals surface area contributed by atoms with Gasteiger partial charge < -0.3 is 0 Å². The lowest BCUT2D eigenvalue weighted by molar-refractivity contribution is 0.569. The number of fused-ring (bicyclic) bond motifs is 1. The van der Waals surface area contributed by atoms with Gasteiger partial charge in [-0.15, -0.1) is 0 Å². The van der Waals surface area contributed by atoms with Crippen molar-refractivity contribution in [2.75, 3.05) is 0 Å². The number of thioether (sulfide) groups is 1. The molecule has 0 saturated carbocycles. The second-order valence-electron chi connectivity index (χ2n) is 7.04. The molecule has 6 heteroatoms. The predicted molar refractivity (Wildman–Crippen MR) is 110 cm³/mol. The van der Waals surface area contributed by atoms with Crippen LogP contribution in [-0.2, 0) is 19.3 Å². The summed E-state index contributed by atoms with van der Waals surface area (Å²) in [5.74, 6) is 0.751. The van der Waals surface area contributed by atoms with E-state index in [-0.39, 0.29) is 5.56 Å². The van der Waals surface area contributed by atoms with Gasteiger partial charge in [-0.3, -0.25) is 14.0 Å². The Morgan fingerprint density at radius 2 is 2.11 bits per heavy atom. The summed E-state index contributed by atoms with van der Waals surface area (Å²) in [7, 11) is 1.91. The third-order valence-corrected chi connectivity index (χ3v) is 6.04. The molecule has 0 unspecified atom stereocenters. The molecule has 4 rings (SSSR count). The van der Waals surface area contributed by atoms with Crippen LogP contribution < -0.4 is 5.56 Å². The van der Waals surface area contributed by atoms with Gasteiger partial charge in [-0.25, -0.2) is 4.98 Å². The molecular formula is C21H24N4OS. The zero-order chi connectivity index (χ0) is 18.6. The molecule has 1 aromatic carbocycles. The third kappa shape index (κ3) is 4.16. The van der Waals surface area contributed by atoms with E-state index in [2.05, 4.69) is 11.2 Å². The van der Waals surface area contributed by atoms with Gasteiger partial charge in [0.25, 0.3) is 5.56 Å². The van der Waals surface area contributed by atoms with Crippen molar-refractivity contribution in [1.29, 1.82) is 0 Å². The predicted octanol–water partition coefficient (Wildman–Crippen LogP) is 4.31. The number of benzene rings is 1. The van der Waals surface area contributed by atoms with E-state index in [1.165, 1.54) is 24.8 Å². The van der Waals surface area contributed by atoms with E-state index in [1.807, 2.05) is 48.3 Å². The Morgan fingerprint density at radius 3 is 2.89 bits per heavy atom. The minimum atomic E-state index is 0.0608. The van der Waals surface area contributed by atoms with E-state index >= 15 is 0 Å². The highest BCUT2D eigenvalue weighted by Crippen LogP contribution is 2.24. The standard InChI is InChI=1S/C21H24N4OS/c1-24-14-17(13-22-24)15-27-21-23-19-10-6-5-9-18(19)20(26)25(21)12-11-16-7-3-2-4-8-16/h5-7,9-10,13-14H,2-4,8,11-12,15H2,1H3. The lowest BCUT2D eigenvalue weighted by atomic mass is 9.97. The highest BCUT2D eigenvalue weighted by atomic mass is 32.2. The zero-order valence-corrected chi connectivity index (χ0v) is 16.4. The lowest BCUT2D eigenvalue weighted by Crippen LogP contribution is -2.23. The Hall–Kier alpha value is -2.34. The second-order valence-corrected chi connectivity index (χ2v) is 7.98. The van der Waals surface area contributed by atoms with Crippen molar-refractivity contribution >= 4 is 22.7 Å². The van der Waals surface area contributed by atoms with E-state index in [0.29, 0.717) is 11.9 Å². The van der Waals surface area contributed by atoms with Gasteiger partial charge in [0.2, 0.25) is 0 Å². The van der Waals surface area contributed by atoms with Crippen LogP contribution >= 0.6 is 11.8 Å². The quantitative estimate of drug-likeness (QED) is 0.363. The average molecular weight is 381 g/mol. The smallest absolute Gasteiger partial charge is 0.262 e. The normalized spacial score (nSPS) is 14.5. The van der Waals surface area contributed by atoms with Crippen LogP contribution in [0.4, 0.5) is 0 Å². The van der Waals surface area contributed by atoms with Gasteiger partial charge in [0, 0.05) is 31.1 Å². The first-order valence-electron chi connectivity index (χ1n) is 9.48. The van der Waals surface area contributed by atoms with Crippen LogP contribution in [0.2, 0.25) is 0 Å². The molecule has 27 heavy (non-hydrogen) atoms. The Balaban J connectivity index is 1.64. The fourth-order valence-corrected chi connectivity index (χ4v) is 4.47. The Morgan fingerprint density at radius 1 is 1.22 bits per heavy atom. The van der Waals surface area contributed by atoms with Crippen LogP contribution in [0.25, 0.3) is 10.9 Å². The van der Waals surface area contributed by atoms with E-state index in [0.717, 1.165) is 34.8 Å². The summed E-state index contributed by atoms with van der Waals surface area (Å²) in [4.78, 5) is 17.9. The third-order valence-electron chi connectivity index (χ3n) is 4.99. The molecule has 1 aliphatic rings. The molecule has 0 fully saturated rings. The number of rotatable bonds is 6. The summed E-state index contributed by atoms with van der Waals surface area (Å²) in [6, 6.07) is 7.62. The first kappa shape index (κ1) is 18.0. The second kappa shape index (κ2) is 8.13. The number of allylic oxidation sites excluding steroid dienone is 2. The molecule has 5 nitrogen and oxygen atoms in total. The number of para-hydroxylation sites is 1. The minimum absolute atomic E-state index is 0.0608. The molecule has 2 heterocycles. The maximum Gasteiger partial charge on any atom is 0.262 e. The minimum Gasteiger partial charge on any atom is -0.287 e. The molecule has 3 aromatic rings. The molecule has 2 aromatic heterocycles. The number of aromatic nitrogens is 4. The maximum atomic E-state index is 13.1. The van der Waals surface area contributed by atoms with Crippen LogP contribution in [0.15, 0.2) is 58.3 Å². The van der Waals surface area contributed by atoms with Crippen molar-refractivity contribution in [2.24, 2.45) is 7.05 Å². The molecule has 140 valence electrons. The summed E-state index contributed by atoms with van der Waals surface area (Å²) < 4.78 is 3.66. The highest BCUT2D eigenvalue weighted by molar-refractivity contribution is 7.98. The molecule has 0 N–H and O–H groups in total. The van der Waals surface area contributed by atoms with Gasteiger partial charge in [-0.1, -0.05) is 35.5 Å². The van der Waals surface area contributed by atoms with Gasteiger partial charge in [-0.05, 0) is 44.2 Å². The molecule has 0 atom stereocenters. The van der Waals surface area contributed by atoms with E-state index in [4.69, 9.17) is 4.98 Å². The van der Waals surface area contributed by atoms with Gasteiger partial charge in [0.05, 0.1) is 17.1 Å². The van der Waals surface area contributed by atoms with E-state index < -0.39 is 0 Å².